The van der Waals surface area contributed by atoms with E-state index in [0.717, 1.165) is 22.2 Å². The molecule has 0 radical (unpaired) electrons. The summed E-state index contributed by atoms with van der Waals surface area (Å²) in [6.45, 7) is 0. The Bertz CT molecular complexity index is 688. The molecular weight excluding hydrogens is 302 g/mol. The lowest BCUT2D eigenvalue weighted by atomic mass is 10.1. The first-order valence-corrected chi connectivity index (χ1v) is 8.55. The number of hydrogen-bond acceptors (Lipinski definition) is 4. The van der Waals surface area contributed by atoms with Crippen LogP contribution >= 0.6 is 23.5 Å². The highest BCUT2D eigenvalue weighted by atomic mass is 32.2. The molecule has 0 bridgehead atoms. The highest BCUT2D eigenvalue weighted by molar-refractivity contribution is 8.15. The van der Waals surface area contributed by atoms with Crippen LogP contribution in [0.5, 0.6) is 0 Å². The van der Waals surface area contributed by atoms with E-state index in [-0.39, 0.29) is 11.1 Å². The van der Waals surface area contributed by atoms with Gasteiger partial charge >= 0.3 is 0 Å². The molecule has 1 atom stereocenters. The van der Waals surface area contributed by atoms with Crippen LogP contribution in [0.15, 0.2) is 59.5 Å². The van der Waals surface area contributed by atoms with E-state index in [4.69, 9.17) is 0 Å². The van der Waals surface area contributed by atoms with Crippen LogP contribution in [0.25, 0.3) is 0 Å². The lowest BCUT2D eigenvalue weighted by Gasteiger charge is -2.14. The maximum Gasteiger partial charge on any atom is 0.294 e. The van der Waals surface area contributed by atoms with Crippen molar-refractivity contribution >= 4 is 40.4 Å². The summed E-state index contributed by atoms with van der Waals surface area (Å²) in [4.78, 5) is 27.1. The third kappa shape index (κ3) is 2.71. The van der Waals surface area contributed by atoms with Crippen molar-refractivity contribution < 1.29 is 9.59 Å². The number of benzene rings is 2. The van der Waals surface area contributed by atoms with Crippen molar-refractivity contribution in [2.75, 3.05) is 11.2 Å². The molecule has 2 aromatic carbocycles. The van der Waals surface area contributed by atoms with E-state index >= 15 is 0 Å². The topological polar surface area (TPSA) is 37.4 Å². The fourth-order valence-corrected chi connectivity index (χ4v) is 3.69. The Hall–Kier alpha value is -1.72. The quantitative estimate of drug-likeness (QED) is 0.789. The number of hydrogen-bond donors (Lipinski definition) is 0. The van der Waals surface area contributed by atoms with Gasteiger partial charge in [0, 0.05) is 4.90 Å². The molecule has 5 heteroatoms. The van der Waals surface area contributed by atoms with Gasteiger partial charge in [0.2, 0.25) is 0 Å². The molecular formula is C16H13NO2S2. The Balaban J connectivity index is 1.94. The lowest BCUT2D eigenvalue weighted by molar-refractivity contribution is -0.117. The van der Waals surface area contributed by atoms with Gasteiger partial charge in [-0.1, -0.05) is 36.4 Å². The third-order valence-electron chi connectivity index (χ3n) is 3.26. The number of imide groups is 1. The molecule has 1 heterocycles. The molecule has 0 unspecified atom stereocenters. The van der Waals surface area contributed by atoms with Gasteiger partial charge in [-0.25, -0.2) is 4.90 Å². The molecule has 1 aliphatic heterocycles. The van der Waals surface area contributed by atoms with Crippen molar-refractivity contribution in [3.8, 4) is 0 Å². The van der Waals surface area contributed by atoms with E-state index in [2.05, 4.69) is 0 Å². The predicted molar refractivity (Wildman–Crippen MR) is 87.9 cm³/mol. The monoisotopic (exact) mass is 315 g/mol. The molecule has 106 valence electrons. The number of amides is 2. The van der Waals surface area contributed by atoms with Crippen molar-refractivity contribution in [3.63, 3.8) is 0 Å². The van der Waals surface area contributed by atoms with Gasteiger partial charge in [0.1, 0.15) is 5.25 Å². The van der Waals surface area contributed by atoms with E-state index < -0.39 is 5.25 Å². The Morgan fingerprint density at radius 3 is 2.52 bits per heavy atom. The van der Waals surface area contributed by atoms with Gasteiger partial charge in [0.15, 0.2) is 0 Å². The van der Waals surface area contributed by atoms with Crippen LogP contribution in [-0.4, -0.2) is 17.4 Å². The second kappa shape index (κ2) is 5.95. The minimum atomic E-state index is -0.448. The molecule has 0 aliphatic carbocycles. The molecule has 3 rings (SSSR count). The zero-order chi connectivity index (χ0) is 14.8. The minimum absolute atomic E-state index is 0.172. The van der Waals surface area contributed by atoms with Gasteiger partial charge in [-0.15, -0.1) is 11.8 Å². The van der Waals surface area contributed by atoms with Crippen molar-refractivity contribution in [2.45, 2.75) is 10.1 Å². The lowest BCUT2D eigenvalue weighted by Crippen LogP contribution is -2.29. The van der Waals surface area contributed by atoms with Crippen LogP contribution in [0.4, 0.5) is 10.5 Å². The zero-order valence-electron chi connectivity index (χ0n) is 11.4. The number of carbonyl (C=O) groups excluding carboxylic acids is 2. The fraction of sp³-hybridized carbons (Fsp3) is 0.125. The van der Waals surface area contributed by atoms with Crippen LogP contribution in [0.2, 0.25) is 0 Å². The van der Waals surface area contributed by atoms with Gasteiger partial charge in [0.25, 0.3) is 11.1 Å². The predicted octanol–water partition coefficient (Wildman–Crippen LogP) is 4.35. The first kappa shape index (κ1) is 14.2. The normalized spacial score (nSPS) is 18.3. The van der Waals surface area contributed by atoms with Crippen LogP contribution in [-0.2, 0) is 4.79 Å². The molecule has 0 N–H and O–H groups in total. The van der Waals surface area contributed by atoms with E-state index in [9.17, 15) is 9.59 Å². The Morgan fingerprint density at radius 2 is 1.81 bits per heavy atom. The summed E-state index contributed by atoms with van der Waals surface area (Å²) in [5.74, 6) is -0.172. The van der Waals surface area contributed by atoms with E-state index in [1.165, 1.54) is 4.90 Å². The average Bonchev–Trinajstić information content (AvgIpc) is 2.83. The molecule has 2 amide bonds. The summed E-state index contributed by atoms with van der Waals surface area (Å²) in [6.07, 6.45) is 1.97. The SMILES string of the molecule is CSc1cccc(N2C(=O)S[C@H](c3ccccc3)C2=O)c1. The van der Waals surface area contributed by atoms with Crippen LogP contribution < -0.4 is 4.90 Å². The molecule has 0 spiro atoms. The number of nitrogens with zero attached hydrogens (tertiary/aromatic N) is 1. The second-order valence-corrected chi connectivity index (χ2v) is 6.49. The minimum Gasteiger partial charge on any atom is -0.272 e. The Morgan fingerprint density at radius 1 is 1.05 bits per heavy atom. The van der Waals surface area contributed by atoms with E-state index in [1.807, 2.05) is 54.8 Å². The first-order valence-electron chi connectivity index (χ1n) is 6.44. The van der Waals surface area contributed by atoms with E-state index in [1.54, 1.807) is 17.8 Å². The third-order valence-corrected chi connectivity index (χ3v) is 5.08. The molecule has 21 heavy (non-hydrogen) atoms. The second-order valence-electron chi connectivity index (χ2n) is 4.55. The number of thioether (sulfide) groups is 2. The van der Waals surface area contributed by atoms with Gasteiger partial charge in [-0.2, -0.15) is 0 Å². The Kier molecular flexibility index (Phi) is 4.03. The molecule has 0 saturated carbocycles. The summed E-state index contributed by atoms with van der Waals surface area (Å²) >= 11 is 2.66. The smallest absolute Gasteiger partial charge is 0.272 e. The van der Waals surface area contributed by atoms with Gasteiger partial charge < -0.3 is 0 Å². The standard InChI is InChI=1S/C16H13NO2S2/c1-20-13-9-5-8-12(10-13)17-15(18)14(21-16(17)19)11-6-3-2-4-7-11/h2-10,14H,1H3/t14-/m1/s1. The fourth-order valence-electron chi connectivity index (χ4n) is 2.23. The van der Waals surface area contributed by atoms with Crippen LogP contribution in [0.1, 0.15) is 10.8 Å². The number of rotatable bonds is 3. The van der Waals surface area contributed by atoms with Crippen LogP contribution in [0, 0.1) is 0 Å². The van der Waals surface area contributed by atoms with Crippen molar-refractivity contribution in [2.24, 2.45) is 0 Å². The zero-order valence-corrected chi connectivity index (χ0v) is 13.0. The summed E-state index contributed by atoms with van der Waals surface area (Å²) in [5.41, 5.74) is 1.51. The maximum absolute atomic E-state index is 12.6. The summed E-state index contributed by atoms with van der Waals surface area (Å²) in [5, 5.41) is -0.663. The summed E-state index contributed by atoms with van der Waals surface area (Å²) in [7, 11) is 0. The average molecular weight is 315 g/mol. The molecule has 3 nitrogen and oxygen atoms in total. The maximum atomic E-state index is 12.6. The molecule has 0 aromatic heterocycles. The Labute approximate surface area is 131 Å². The molecule has 2 aromatic rings. The highest BCUT2D eigenvalue weighted by Crippen LogP contribution is 2.41. The first-order chi connectivity index (χ1) is 10.2. The van der Waals surface area contributed by atoms with Gasteiger partial charge in [0.05, 0.1) is 5.69 Å². The van der Waals surface area contributed by atoms with E-state index in [0.29, 0.717) is 5.69 Å². The molecule has 1 saturated heterocycles. The molecule has 1 aliphatic rings. The van der Waals surface area contributed by atoms with Crippen molar-refractivity contribution in [1.82, 2.24) is 0 Å². The highest BCUT2D eigenvalue weighted by Gasteiger charge is 2.41. The van der Waals surface area contributed by atoms with Gasteiger partial charge in [-0.05, 0) is 41.8 Å². The largest absolute Gasteiger partial charge is 0.294 e. The summed E-state index contributed by atoms with van der Waals surface area (Å²) in [6, 6.07) is 16.9. The summed E-state index contributed by atoms with van der Waals surface area (Å²) < 4.78 is 0. The van der Waals surface area contributed by atoms with Gasteiger partial charge in [-0.3, -0.25) is 9.59 Å². The molecule has 1 fully saturated rings. The van der Waals surface area contributed by atoms with Crippen molar-refractivity contribution in [1.29, 1.82) is 0 Å². The number of carbonyl (C=O) groups is 2. The van der Waals surface area contributed by atoms with Crippen LogP contribution in [0.3, 0.4) is 0 Å². The van der Waals surface area contributed by atoms with Crippen molar-refractivity contribution in [3.05, 3.63) is 60.2 Å². The number of anilines is 1.